The molecule has 7 nitrogen and oxygen atoms in total. The summed E-state index contributed by atoms with van der Waals surface area (Å²) in [7, 11) is 0. The maximum absolute atomic E-state index is 14.2. The van der Waals surface area contributed by atoms with E-state index in [0.29, 0.717) is 48.7 Å². The van der Waals surface area contributed by atoms with E-state index >= 15 is 0 Å². The predicted molar refractivity (Wildman–Crippen MR) is 139 cm³/mol. The first-order valence-electron chi connectivity index (χ1n) is 13.2. The molecule has 1 atom stereocenters. The van der Waals surface area contributed by atoms with Gasteiger partial charge in [0.15, 0.2) is 5.69 Å². The minimum Gasteiger partial charge on any atom is -0.333 e. The molecule has 0 spiro atoms. The normalized spacial score (nSPS) is 16.4. The first-order chi connectivity index (χ1) is 18.7. The number of aryl methyl sites for hydroxylation is 2. The van der Waals surface area contributed by atoms with Gasteiger partial charge in [0.2, 0.25) is 0 Å². The first kappa shape index (κ1) is 25.3. The van der Waals surface area contributed by atoms with E-state index in [1.807, 2.05) is 34.6 Å². The van der Waals surface area contributed by atoms with Gasteiger partial charge in [-0.05, 0) is 85.5 Å². The fraction of sp³-hybridized carbons (Fsp3) is 0.379. The number of alkyl halides is 3. The predicted octanol–water partition coefficient (Wildman–Crippen LogP) is 5.69. The van der Waals surface area contributed by atoms with E-state index in [-0.39, 0.29) is 17.5 Å². The van der Waals surface area contributed by atoms with Gasteiger partial charge < -0.3 is 9.47 Å². The number of rotatable bonds is 7. The van der Waals surface area contributed by atoms with Gasteiger partial charge in [-0.25, -0.2) is 4.98 Å². The number of carbonyl (C=O) groups is 1. The van der Waals surface area contributed by atoms with Crippen LogP contribution >= 0.6 is 0 Å². The van der Waals surface area contributed by atoms with E-state index in [9.17, 15) is 18.0 Å². The van der Waals surface area contributed by atoms with E-state index in [1.165, 1.54) is 10.9 Å². The van der Waals surface area contributed by atoms with E-state index in [4.69, 9.17) is 0 Å². The quantitative estimate of drug-likeness (QED) is 0.306. The summed E-state index contributed by atoms with van der Waals surface area (Å²) in [6, 6.07) is 7.42. The Balaban J connectivity index is 1.48. The van der Waals surface area contributed by atoms with Gasteiger partial charge in [0, 0.05) is 55.5 Å². The minimum absolute atomic E-state index is 0.00780. The number of benzene rings is 1. The summed E-state index contributed by atoms with van der Waals surface area (Å²) in [6.45, 7) is 4.85. The minimum atomic E-state index is -4.62. The van der Waals surface area contributed by atoms with Crippen LogP contribution in [0.3, 0.4) is 0 Å². The maximum atomic E-state index is 14.2. The van der Waals surface area contributed by atoms with Crippen molar-refractivity contribution in [3.63, 3.8) is 0 Å². The van der Waals surface area contributed by atoms with Crippen LogP contribution < -0.4 is 0 Å². The average molecular weight is 535 g/mol. The summed E-state index contributed by atoms with van der Waals surface area (Å²) < 4.78 is 45.5. The van der Waals surface area contributed by atoms with Crippen LogP contribution in [0.1, 0.15) is 64.2 Å². The van der Waals surface area contributed by atoms with E-state index in [1.54, 1.807) is 37.9 Å². The van der Waals surface area contributed by atoms with Crippen LogP contribution in [0.25, 0.3) is 11.1 Å². The molecule has 4 heterocycles. The number of aromatic nitrogens is 5. The maximum Gasteiger partial charge on any atom is 0.435 e. The third kappa shape index (κ3) is 4.84. The largest absolute Gasteiger partial charge is 0.435 e. The lowest BCUT2D eigenvalue weighted by Gasteiger charge is -2.36. The van der Waals surface area contributed by atoms with Gasteiger partial charge in [-0.1, -0.05) is 0 Å². The fourth-order valence-electron chi connectivity index (χ4n) is 5.65. The number of imidazole rings is 1. The molecule has 39 heavy (non-hydrogen) atoms. The second-order valence-electron chi connectivity index (χ2n) is 10.4. The number of hydrogen-bond acceptors (Lipinski definition) is 4. The van der Waals surface area contributed by atoms with Crippen LogP contribution in [0, 0.1) is 12.8 Å². The zero-order valence-electron chi connectivity index (χ0n) is 21.8. The second-order valence-corrected chi connectivity index (χ2v) is 10.4. The van der Waals surface area contributed by atoms with Gasteiger partial charge in [-0.3, -0.25) is 14.5 Å². The Morgan fingerprint density at radius 2 is 1.90 bits per heavy atom. The molecule has 3 aromatic heterocycles. The molecule has 0 N–H and O–H groups in total. The van der Waals surface area contributed by atoms with Gasteiger partial charge in [0.25, 0.3) is 5.91 Å². The highest BCUT2D eigenvalue weighted by atomic mass is 19.4. The van der Waals surface area contributed by atoms with Crippen molar-refractivity contribution in [2.75, 3.05) is 6.54 Å². The molecule has 1 amide bonds. The second kappa shape index (κ2) is 9.66. The third-order valence-electron chi connectivity index (χ3n) is 7.62. The molecule has 1 unspecified atom stereocenters. The first-order valence-corrected chi connectivity index (χ1v) is 13.2. The standard InChI is InChI=1S/C29H29F3N6O/c1-3-37-16-24(27(35-37)29(30,31)32)22-13-19(15-36-11-9-33-17-36)14-23-21(22)7-10-38(28(23)39)26(20-4-5-20)25-12-18(2)6-8-34-25/h6,8-9,11-14,16-17,20,26H,3-5,7,10,15H2,1-2H3. The van der Waals surface area contributed by atoms with Crippen molar-refractivity contribution < 1.29 is 18.0 Å². The molecule has 1 fully saturated rings. The molecule has 2 aliphatic rings. The Morgan fingerprint density at radius 1 is 1.10 bits per heavy atom. The van der Waals surface area contributed by atoms with Crippen molar-refractivity contribution in [1.29, 1.82) is 0 Å². The zero-order valence-corrected chi connectivity index (χ0v) is 21.8. The number of amides is 1. The summed E-state index contributed by atoms with van der Waals surface area (Å²) in [5.41, 5.74) is 3.25. The fourth-order valence-corrected chi connectivity index (χ4v) is 5.65. The molecule has 1 aromatic carbocycles. The van der Waals surface area contributed by atoms with Gasteiger partial charge in [0.05, 0.1) is 18.1 Å². The highest BCUT2D eigenvalue weighted by Crippen LogP contribution is 2.47. The number of halogens is 3. The van der Waals surface area contributed by atoms with Crippen molar-refractivity contribution in [1.82, 2.24) is 29.2 Å². The SMILES string of the molecule is CCn1cc(-c2cc(Cn3ccnc3)cc3c2CCN(C(c2cc(C)ccn2)C2CC2)C3=O)c(C(F)(F)F)n1. The Kier molecular flexibility index (Phi) is 6.28. The summed E-state index contributed by atoms with van der Waals surface area (Å²) in [5, 5.41) is 3.85. The Labute approximate surface area is 224 Å². The lowest BCUT2D eigenvalue weighted by atomic mass is 9.87. The number of pyridine rings is 1. The molecule has 10 heteroatoms. The summed E-state index contributed by atoms with van der Waals surface area (Å²) in [4.78, 5) is 24.7. The summed E-state index contributed by atoms with van der Waals surface area (Å²) >= 11 is 0. The number of carbonyl (C=O) groups excluding carboxylic acids is 1. The molecule has 1 saturated carbocycles. The molecule has 0 bridgehead atoms. The van der Waals surface area contributed by atoms with Crippen LogP contribution in [0.5, 0.6) is 0 Å². The third-order valence-corrected chi connectivity index (χ3v) is 7.62. The molecule has 1 aliphatic carbocycles. The van der Waals surface area contributed by atoms with E-state index in [0.717, 1.165) is 29.7 Å². The molecular weight excluding hydrogens is 505 g/mol. The van der Waals surface area contributed by atoms with Crippen LogP contribution in [0.4, 0.5) is 13.2 Å². The molecule has 6 rings (SSSR count). The van der Waals surface area contributed by atoms with Crippen LogP contribution in [0.15, 0.2) is 55.4 Å². The lowest BCUT2D eigenvalue weighted by Crippen LogP contribution is -2.41. The number of nitrogens with zero attached hydrogens (tertiary/aromatic N) is 6. The van der Waals surface area contributed by atoms with Crippen LogP contribution in [0.2, 0.25) is 0 Å². The van der Waals surface area contributed by atoms with Crippen molar-refractivity contribution in [2.45, 2.75) is 58.4 Å². The van der Waals surface area contributed by atoms with Crippen molar-refractivity contribution in [2.24, 2.45) is 5.92 Å². The Morgan fingerprint density at radius 3 is 2.56 bits per heavy atom. The van der Waals surface area contributed by atoms with Crippen molar-refractivity contribution in [3.05, 3.63) is 89.0 Å². The smallest absolute Gasteiger partial charge is 0.333 e. The van der Waals surface area contributed by atoms with E-state index in [2.05, 4.69) is 15.1 Å². The Hall–Kier alpha value is -3.95. The zero-order chi connectivity index (χ0) is 27.3. The summed E-state index contributed by atoms with van der Waals surface area (Å²) in [6.07, 6.45) is 6.17. The van der Waals surface area contributed by atoms with Crippen molar-refractivity contribution >= 4 is 5.91 Å². The van der Waals surface area contributed by atoms with Gasteiger partial charge in [-0.15, -0.1) is 0 Å². The van der Waals surface area contributed by atoms with Crippen LogP contribution in [-0.2, 0) is 25.7 Å². The molecule has 202 valence electrons. The monoisotopic (exact) mass is 534 g/mol. The van der Waals surface area contributed by atoms with Gasteiger partial charge in [0.1, 0.15) is 0 Å². The molecule has 1 aliphatic heterocycles. The lowest BCUT2D eigenvalue weighted by molar-refractivity contribution is -0.141. The van der Waals surface area contributed by atoms with E-state index < -0.39 is 11.9 Å². The molecule has 4 aromatic rings. The van der Waals surface area contributed by atoms with Crippen LogP contribution in [-0.4, -0.2) is 41.7 Å². The Bertz CT molecular complexity index is 1520. The highest BCUT2D eigenvalue weighted by molar-refractivity contribution is 5.99. The van der Waals surface area contributed by atoms with Gasteiger partial charge in [-0.2, -0.15) is 18.3 Å². The van der Waals surface area contributed by atoms with Gasteiger partial charge >= 0.3 is 6.18 Å². The highest BCUT2D eigenvalue weighted by Gasteiger charge is 2.43. The molecule has 0 saturated heterocycles. The molecule has 0 radical (unpaired) electrons. The number of fused-ring (bicyclic) bond motifs is 1. The van der Waals surface area contributed by atoms with Crippen molar-refractivity contribution in [3.8, 4) is 11.1 Å². The average Bonchev–Trinajstić information content (AvgIpc) is 3.40. The topological polar surface area (TPSA) is 68.8 Å². The molecular formula is C29H29F3N6O. The summed E-state index contributed by atoms with van der Waals surface area (Å²) in [5.74, 6) is 0.166. The number of hydrogen-bond donors (Lipinski definition) is 0.